The van der Waals surface area contributed by atoms with E-state index in [0.717, 1.165) is 5.56 Å². The highest BCUT2D eigenvalue weighted by Crippen LogP contribution is 2.22. The molecule has 0 fully saturated rings. The van der Waals surface area contributed by atoms with Crippen LogP contribution in [-0.2, 0) is 6.54 Å². The number of rotatable bonds is 3. The lowest BCUT2D eigenvalue weighted by atomic mass is 10.2. The average molecular weight is 295 g/mol. The maximum Gasteiger partial charge on any atom is 0.319 e. The molecule has 0 aliphatic heterocycles. The number of hydrogen-bond acceptors (Lipinski definition) is 1. The minimum atomic E-state index is -0.304. The van der Waals surface area contributed by atoms with Gasteiger partial charge >= 0.3 is 6.03 Å². The van der Waals surface area contributed by atoms with Crippen LogP contribution in [0.15, 0.2) is 48.5 Å². The first-order valence-corrected chi connectivity index (χ1v) is 6.44. The largest absolute Gasteiger partial charge is 0.334 e. The third-order valence-electron chi connectivity index (χ3n) is 2.42. The molecule has 2 aromatic rings. The Kier molecular flexibility index (Phi) is 4.66. The van der Waals surface area contributed by atoms with E-state index in [-0.39, 0.29) is 6.03 Å². The molecule has 0 bridgehead atoms. The van der Waals surface area contributed by atoms with Crippen LogP contribution < -0.4 is 10.6 Å². The maximum absolute atomic E-state index is 11.7. The van der Waals surface area contributed by atoms with Crippen LogP contribution in [0.1, 0.15) is 5.56 Å². The zero-order valence-electron chi connectivity index (χ0n) is 9.99. The van der Waals surface area contributed by atoms with E-state index in [2.05, 4.69) is 10.6 Å². The third-order valence-corrected chi connectivity index (χ3v) is 2.85. The molecule has 0 radical (unpaired) electrons. The average Bonchev–Trinajstić information content (AvgIpc) is 2.36. The Morgan fingerprint density at radius 3 is 2.26 bits per heavy atom. The van der Waals surface area contributed by atoms with Crippen molar-refractivity contribution < 1.29 is 4.79 Å². The van der Waals surface area contributed by atoms with E-state index in [1.807, 2.05) is 30.3 Å². The van der Waals surface area contributed by atoms with E-state index in [0.29, 0.717) is 22.3 Å². The van der Waals surface area contributed by atoms with Gasteiger partial charge in [-0.1, -0.05) is 53.5 Å². The molecule has 0 unspecified atom stereocenters. The van der Waals surface area contributed by atoms with Crippen LogP contribution in [0.4, 0.5) is 10.5 Å². The predicted octanol–water partition coefficient (Wildman–Crippen LogP) is 4.32. The molecule has 19 heavy (non-hydrogen) atoms. The molecule has 0 aliphatic carbocycles. The van der Waals surface area contributed by atoms with Crippen molar-refractivity contribution in [3.8, 4) is 0 Å². The van der Waals surface area contributed by atoms with Gasteiger partial charge in [0.2, 0.25) is 0 Å². The van der Waals surface area contributed by atoms with Gasteiger partial charge in [-0.3, -0.25) is 0 Å². The summed E-state index contributed by atoms with van der Waals surface area (Å²) in [5, 5.41) is 6.38. The monoisotopic (exact) mass is 294 g/mol. The number of carbonyl (C=O) groups is 1. The van der Waals surface area contributed by atoms with Gasteiger partial charge in [-0.25, -0.2) is 4.79 Å². The fourth-order valence-corrected chi connectivity index (χ4v) is 2.11. The van der Waals surface area contributed by atoms with Gasteiger partial charge < -0.3 is 10.6 Å². The summed E-state index contributed by atoms with van der Waals surface area (Å²) in [6, 6.07) is 14.2. The first kappa shape index (κ1) is 13.7. The number of amides is 2. The Morgan fingerprint density at radius 2 is 1.63 bits per heavy atom. The van der Waals surface area contributed by atoms with Crippen LogP contribution >= 0.6 is 23.2 Å². The molecule has 2 aromatic carbocycles. The van der Waals surface area contributed by atoms with Crippen molar-refractivity contribution in [2.24, 2.45) is 0 Å². The Labute approximate surface area is 121 Å². The second kappa shape index (κ2) is 6.45. The van der Waals surface area contributed by atoms with Gasteiger partial charge in [-0.15, -0.1) is 0 Å². The lowest BCUT2D eigenvalue weighted by molar-refractivity contribution is 0.251. The highest BCUT2D eigenvalue weighted by atomic mass is 35.5. The zero-order chi connectivity index (χ0) is 13.7. The fraction of sp³-hybridized carbons (Fsp3) is 0.0714. The summed E-state index contributed by atoms with van der Waals surface area (Å²) in [7, 11) is 0. The number of nitrogens with one attached hydrogen (secondary N) is 2. The zero-order valence-corrected chi connectivity index (χ0v) is 11.5. The number of benzene rings is 2. The van der Waals surface area contributed by atoms with Crippen molar-refractivity contribution in [3.05, 3.63) is 64.1 Å². The van der Waals surface area contributed by atoms with E-state index >= 15 is 0 Å². The van der Waals surface area contributed by atoms with Crippen molar-refractivity contribution in [2.75, 3.05) is 5.32 Å². The van der Waals surface area contributed by atoms with Crippen molar-refractivity contribution >= 4 is 34.9 Å². The van der Waals surface area contributed by atoms with Gasteiger partial charge in [-0.05, 0) is 23.8 Å². The summed E-state index contributed by atoms with van der Waals surface area (Å²) in [4.78, 5) is 11.7. The normalized spacial score (nSPS) is 10.0. The number of hydrogen-bond donors (Lipinski definition) is 2. The quantitative estimate of drug-likeness (QED) is 0.870. The fourth-order valence-electron chi connectivity index (χ4n) is 1.58. The summed E-state index contributed by atoms with van der Waals surface area (Å²) in [5.41, 5.74) is 1.59. The van der Waals surface area contributed by atoms with Crippen LogP contribution in [0.25, 0.3) is 0 Å². The van der Waals surface area contributed by atoms with Crippen LogP contribution in [0.5, 0.6) is 0 Å². The molecule has 0 saturated carbocycles. The summed E-state index contributed by atoms with van der Waals surface area (Å²) in [6.07, 6.45) is 0. The smallest absolute Gasteiger partial charge is 0.319 e. The summed E-state index contributed by atoms with van der Waals surface area (Å²) >= 11 is 11.7. The Hall–Kier alpha value is -1.71. The molecule has 0 atom stereocenters. The van der Waals surface area contributed by atoms with Gasteiger partial charge in [0.25, 0.3) is 0 Å². The highest BCUT2D eigenvalue weighted by molar-refractivity contribution is 6.35. The topological polar surface area (TPSA) is 41.1 Å². The molecule has 2 rings (SSSR count). The lowest BCUT2D eigenvalue weighted by Gasteiger charge is -2.08. The van der Waals surface area contributed by atoms with E-state index in [9.17, 15) is 4.79 Å². The number of anilines is 1. The number of carbonyl (C=O) groups excluding carboxylic acids is 1. The van der Waals surface area contributed by atoms with Crippen LogP contribution in [0.3, 0.4) is 0 Å². The Morgan fingerprint density at radius 1 is 1.00 bits per heavy atom. The standard InChI is InChI=1S/C14H12Cl2N2O/c15-11-6-12(16)8-13(7-11)18-14(19)17-9-10-4-2-1-3-5-10/h1-8H,9H2,(H2,17,18,19). The molecule has 5 heteroatoms. The summed E-state index contributed by atoms with van der Waals surface area (Å²) in [6.45, 7) is 0.459. The van der Waals surface area contributed by atoms with E-state index < -0.39 is 0 Å². The van der Waals surface area contributed by atoms with E-state index in [4.69, 9.17) is 23.2 Å². The molecule has 0 saturated heterocycles. The minimum Gasteiger partial charge on any atom is -0.334 e. The van der Waals surface area contributed by atoms with Crippen LogP contribution in [-0.4, -0.2) is 6.03 Å². The van der Waals surface area contributed by atoms with Crippen molar-refractivity contribution in [1.29, 1.82) is 0 Å². The van der Waals surface area contributed by atoms with Crippen molar-refractivity contribution in [2.45, 2.75) is 6.54 Å². The molecule has 2 N–H and O–H groups in total. The Bertz CT molecular complexity index is 553. The van der Waals surface area contributed by atoms with Gasteiger partial charge in [0.15, 0.2) is 0 Å². The molecule has 0 spiro atoms. The highest BCUT2D eigenvalue weighted by Gasteiger charge is 2.03. The van der Waals surface area contributed by atoms with E-state index in [1.165, 1.54) is 0 Å². The third kappa shape index (κ3) is 4.47. The van der Waals surface area contributed by atoms with Gasteiger partial charge in [0.1, 0.15) is 0 Å². The molecule has 3 nitrogen and oxygen atoms in total. The first-order valence-electron chi connectivity index (χ1n) is 5.68. The molecule has 0 aliphatic rings. The molecular formula is C14H12Cl2N2O. The first-order chi connectivity index (χ1) is 9.13. The SMILES string of the molecule is O=C(NCc1ccccc1)Nc1cc(Cl)cc(Cl)c1. The van der Waals surface area contributed by atoms with Gasteiger partial charge in [0, 0.05) is 22.3 Å². The molecule has 98 valence electrons. The number of halogens is 2. The minimum absolute atomic E-state index is 0.304. The lowest BCUT2D eigenvalue weighted by Crippen LogP contribution is -2.28. The predicted molar refractivity (Wildman–Crippen MR) is 78.8 cm³/mol. The van der Waals surface area contributed by atoms with Crippen LogP contribution in [0.2, 0.25) is 10.0 Å². The molecule has 0 aromatic heterocycles. The molecule has 0 heterocycles. The maximum atomic E-state index is 11.7. The molecular weight excluding hydrogens is 283 g/mol. The van der Waals surface area contributed by atoms with Gasteiger partial charge in [0.05, 0.1) is 0 Å². The second-order valence-electron chi connectivity index (χ2n) is 3.95. The summed E-state index contributed by atoms with van der Waals surface area (Å²) < 4.78 is 0. The van der Waals surface area contributed by atoms with Gasteiger partial charge in [-0.2, -0.15) is 0 Å². The van der Waals surface area contributed by atoms with E-state index in [1.54, 1.807) is 18.2 Å². The number of urea groups is 1. The summed E-state index contributed by atoms with van der Waals surface area (Å²) in [5.74, 6) is 0. The van der Waals surface area contributed by atoms with Crippen molar-refractivity contribution in [3.63, 3.8) is 0 Å². The van der Waals surface area contributed by atoms with Crippen molar-refractivity contribution in [1.82, 2.24) is 5.32 Å². The molecule has 2 amide bonds. The van der Waals surface area contributed by atoms with Crippen LogP contribution in [0, 0.1) is 0 Å². The Balaban J connectivity index is 1.91. The second-order valence-corrected chi connectivity index (χ2v) is 4.82.